The molecule has 0 aliphatic heterocycles. The van der Waals surface area contributed by atoms with Crippen LogP contribution in [0.1, 0.15) is 33.1 Å². The average Bonchev–Trinajstić information content (AvgIpc) is 2.38. The molecule has 0 fully saturated rings. The monoisotopic (exact) mass is 270 g/mol. The highest BCUT2D eigenvalue weighted by Crippen LogP contribution is 1.98. The SMILES string of the molecule is COC(C)/C=C/NCC(=O)N(C)CCCCC(C)=O. The number of unbranched alkanes of at least 4 members (excludes halogenated alkanes) is 1. The van der Waals surface area contributed by atoms with E-state index in [9.17, 15) is 9.59 Å². The molecular formula is C14H26N2O3. The zero-order valence-corrected chi connectivity index (χ0v) is 12.4. The third kappa shape index (κ3) is 10.3. The number of hydrogen-bond acceptors (Lipinski definition) is 4. The van der Waals surface area contributed by atoms with Gasteiger partial charge in [-0.05, 0) is 39.0 Å². The minimum atomic E-state index is 0.0342. The molecule has 0 radical (unpaired) electrons. The normalized spacial score (nSPS) is 12.4. The highest BCUT2D eigenvalue weighted by molar-refractivity contribution is 5.78. The summed E-state index contributed by atoms with van der Waals surface area (Å²) in [5.41, 5.74) is 0. The van der Waals surface area contributed by atoms with E-state index in [0.717, 1.165) is 12.8 Å². The maximum atomic E-state index is 11.7. The number of hydrogen-bond donors (Lipinski definition) is 1. The van der Waals surface area contributed by atoms with Gasteiger partial charge in [0.2, 0.25) is 5.91 Å². The third-order valence-corrected chi connectivity index (χ3v) is 2.81. The number of carbonyl (C=O) groups excluding carboxylic acids is 2. The molecule has 0 heterocycles. The quantitative estimate of drug-likeness (QED) is 0.609. The number of carbonyl (C=O) groups is 2. The summed E-state index contributed by atoms with van der Waals surface area (Å²) in [6.07, 6.45) is 5.91. The molecule has 0 bridgehead atoms. The number of ketones is 1. The Balaban J connectivity index is 3.70. The summed E-state index contributed by atoms with van der Waals surface area (Å²) in [4.78, 5) is 24.2. The summed E-state index contributed by atoms with van der Waals surface area (Å²) < 4.78 is 5.04. The lowest BCUT2D eigenvalue weighted by Gasteiger charge is -2.16. The van der Waals surface area contributed by atoms with Crippen molar-refractivity contribution in [1.29, 1.82) is 0 Å². The molecule has 1 N–H and O–H groups in total. The zero-order chi connectivity index (χ0) is 14.7. The van der Waals surface area contributed by atoms with Crippen molar-refractivity contribution < 1.29 is 14.3 Å². The first kappa shape index (κ1) is 17.6. The van der Waals surface area contributed by atoms with Crippen molar-refractivity contribution in [3.05, 3.63) is 12.3 Å². The second-order valence-corrected chi connectivity index (χ2v) is 4.66. The van der Waals surface area contributed by atoms with Crippen molar-refractivity contribution in [1.82, 2.24) is 10.2 Å². The molecule has 0 saturated carbocycles. The van der Waals surface area contributed by atoms with Crippen LogP contribution in [-0.2, 0) is 14.3 Å². The topological polar surface area (TPSA) is 58.6 Å². The number of likely N-dealkylation sites (N-methyl/N-ethyl adjacent to an activating group) is 1. The fourth-order valence-corrected chi connectivity index (χ4v) is 1.41. The number of ether oxygens (including phenoxy) is 1. The fourth-order valence-electron chi connectivity index (χ4n) is 1.41. The van der Waals surface area contributed by atoms with Crippen LogP contribution < -0.4 is 5.32 Å². The van der Waals surface area contributed by atoms with Gasteiger partial charge in [0.05, 0.1) is 12.6 Å². The number of Topliss-reactive ketones (excluding diaryl/α,β-unsaturated/α-hetero) is 1. The Morgan fingerprint density at radius 1 is 1.37 bits per heavy atom. The summed E-state index contributed by atoms with van der Waals surface area (Å²) in [5.74, 6) is 0.241. The molecule has 5 nitrogen and oxygen atoms in total. The van der Waals surface area contributed by atoms with E-state index in [1.165, 1.54) is 0 Å². The molecule has 1 amide bonds. The van der Waals surface area contributed by atoms with Gasteiger partial charge in [0.15, 0.2) is 0 Å². The lowest BCUT2D eigenvalue weighted by Crippen LogP contribution is -2.34. The van der Waals surface area contributed by atoms with E-state index in [-0.39, 0.29) is 24.3 Å². The second-order valence-electron chi connectivity index (χ2n) is 4.66. The number of nitrogens with one attached hydrogen (secondary N) is 1. The number of amides is 1. The van der Waals surface area contributed by atoms with Gasteiger partial charge in [-0.3, -0.25) is 4.79 Å². The van der Waals surface area contributed by atoms with E-state index in [4.69, 9.17) is 4.74 Å². The van der Waals surface area contributed by atoms with Crippen LogP contribution in [0.2, 0.25) is 0 Å². The summed E-state index contributed by atoms with van der Waals surface area (Å²) in [5, 5.41) is 2.93. The molecule has 0 aromatic heterocycles. The molecule has 0 rings (SSSR count). The average molecular weight is 270 g/mol. The van der Waals surface area contributed by atoms with Crippen LogP contribution in [0.4, 0.5) is 0 Å². The molecule has 0 aromatic rings. The molecular weight excluding hydrogens is 244 g/mol. The lowest BCUT2D eigenvalue weighted by atomic mass is 10.2. The van der Waals surface area contributed by atoms with Crippen molar-refractivity contribution in [3.63, 3.8) is 0 Å². The molecule has 110 valence electrons. The Morgan fingerprint density at radius 2 is 2.05 bits per heavy atom. The second kappa shape index (κ2) is 10.6. The molecule has 19 heavy (non-hydrogen) atoms. The lowest BCUT2D eigenvalue weighted by molar-refractivity contribution is -0.128. The van der Waals surface area contributed by atoms with Crippen LogP contribution in [0.5, 0.6) is 0 Å². The van der Waals surface area contributed by atoms with Gasteiger partial charge >= 0.3 is 0 Å². The van der Waals surface area contributed by atoms with Crippen molar-refractivity contribution in [2.45, 2.75) is 39.2 Å². The van der Waals surface area contributed by atoms with Crippen LogP contribution in [0.3, 0.4) is 0 Å². The van der Waals surface area contributed by atoms with Crippen molar-refractivity contribution in [3.8, 4) is 0 Å². The van der Waals surface area contributed by atoms with Gasteiger partial charge in [-0.1, -0.05) is 0 Å². The molecule has 0 spiro atoms. The molecule has 1 unspecified atom stereocenters. The third-order valence-electron chi connectivity index (χ3n) is 2.81. The van der Waals surface area contributed by atoms with E-state index in [1.54, 1.807) is 32.2 Å². The number of methoxy groups -OCH3 is 1. The van der Waals surface area contributed by atoms with Gasteiger partial charge in [0.1, 0.15) is 5.78 Å². The van der Waals surface area contributed by atoms with E-state index in [2.05, 4.69) is 5.32 Å². The van der Waals surface area contributed by atoms with Crippen molar-refractivity contribution >= 4 is 11.7 Å². The largest absolute Gasteiger partial charge is 0.382 e. The number of nitrogens with zero attached hydrogens (tertiary/aromatic N) is 1. The fraction of sp³-hybridized carbons (Fsp3) is 0.714. The highest BCUT2D eigenvalue weighted by Gasteiger charge is 2.06. The van der Waals surface area contributed by atoms with Crippen LogP contribution in [0.25, 0.3) is 0 Å². The summed E-state index contributed by atoms with van der Waals surface area (Å²) in [6.45, 7) is 4.47. The van der Waals surface area contributed by atoms with Gasteiger partial charge < -0.3 is 19.7 Å². The first-order valence-electron chi connectivity index (χ1n) is 6.63. The Kier molecular flexibility index (Phi) is 9.80. The van der Waals surface area contributed by atoms with Gasteiger partial charge in [-0.2, -0.15) is 0 Å². The van der Waals surface area contributed by atoms with Gasteiger partial charge in [-0.25, -0.2) is 0 Å². The number of rotatable bonds is 10. The predicted octanol–water partition coefficient (Wildman–Crippen LogP) is 1.34. The van der Waals surface area contributed by atoms with Gasteiger partial charge in [0, 0.05) is 27.1 Å². The van der Waals surface area contributed by atoms with Crippen LogP contribution in [-0.4, -0.2) is 49.9 Å². The summed E-state index contributed by atoms with van der Waals surface area (Å²) in [7, 11) is 3.41. The Morgan fingerprint density at radius 3 is 2.63 bits per heavy atom. The van der Waals surface area contributed by atoms with Crippen LogP contribution in [0.15, 0.2) is 12.3 Å². The minimum Gasteiger partial charge on any atom is -0.382 e. The smallest absolute Gasteiger partial charge is 0.241 e. The Labute approximate surface area is 116 Å². The standard InChI is InChI=1S/C14H26N2O3/c1-12(17)7-5-6-10-16(3)14(18)11-15-9-8-13(2)19-4/h8-9,13,15H,5-7,10-11H2,1-4H3/b9-8+. The Hall–Kier alpha value is -1.36. The molecule has 1 atom stereocenters. The van der Waals surface area contributed by atoms with Crippen molar-refractivity contribution in [2.24, 2.45) is 0 Å². The first-order chi connectivity index (χ1) is 8.97. The maximum Gasteiger partial charge on any atom is 0.241 e. The first-order valence-corrected chi connectivity index (χ1v) is 6.63. The van der Waals surface area contributed by atoms with E-state index >= 15 is 0 Å². The zero-order valence-electron chi connectivity index (χ0n) is 12.4. The van der Waals surface area contributed by atoms with Gasteiger partial charge in [-0.15, -0.1) is 0 Å². The predicted molar refractivity (Wildman–Crippen MR) is 75.8 cm³/mol. The van der Waals surface area contributed by atoms with E-state index < -0.39 is 0 Å². The van der Waals surface area contributed by atoms with Crippen LogP contribution >= 0.6 is 0 Å². The molecule has 0 aliphatic rings. The van der Waals surface area contributed by atoms with Crippen LogP contribution in [0, 0.1) is 0 Å². The maximum absolute atomic E-state index is 11.7. The Bertz CT molecular complexity index is 303. The van der Waals surface area contributed by atoms with E-state index in [0.29, 0.717) is 13.0 Å². The summed E-state index contributed by atoms with van der Waals surface area (Å²) >= 11 is 0. The minimum absolute atomic E-state index is 0.0342. The molecule has 0 aromatic carbocycles. The molecule has 0 saturated heterocycles. The summed E-state index contributed by atoms with van der Waals surface area (Å²) in [6, 6.07) is 0. The molecule has 5 heteroatoms. The molecule has 0 aliphatic carbocycles. The van der Waals surface area contributed by atoms with Crippen molar-refractivity contribution in [2.75, 3.05) is 27.2 Å². The highest BCUT2D eigenvalue weighted by atomic mass is 16.5. The van der Waals surface area contributed by atoms with E-state index in [1.807, 2.05) is 13.0 Å². The van der Waals surface area contributed by atoms with Gasteiger partial charge in [0.25, 0.3) is 0 Å².